The number of benzene rings is 1. The Hall–Kier alpha value is -4.34. The molecule has 1 aromatic rings. The van der Waals surface area contributed by atoms with Crippen molar-refractivity contribution in [3.63, 3.8) is 0 Å². The van der Waals surface area contributed by atoms with Crippen LogP contribution in [0.15, 0.2) is 36.9 Å². The van der Waals surface area contributed by atoms with E-state index in [0.717, 1.165) is 34.4 Å². The first kappa shape index (κ1) is 36.5. The van der Waals surface area contributed by atoms with Gasteiger partial charge in [-0.15, -0.1) is 6.58 Å². The zero-order valence-corrected chi connectivity index (χ0v) is 29.0. The maximum absolute atomic E-state index is 14.0. The van der Waals surface area contributed by atoms with E-state index in [9.17, 15) is 41.2 Å². The molecule has 3 fully saturated rings. The fourth-order valence-corrected chi connectivity index (χ4v) is 8.51. The van der Waals surface area contributed by atoms with Crippen LogP contribution in [0.1, 0.15) is 80.9 Å². The summed E-state index contributed by atoms with van der Waals surface area (Å²) in [5.41, 5.74) is 1.23. The number of halogens is 2. The summed E-state index contributed by atoms with van der Waals surface area (Å²) in [5.74, 6) is -3.99. The van der Waals surface area contributed by atoms with E-state index in [-0.39, 0.29) is 38.9 Å². The summed E-state index contributed by atoms with van der Waals surface area (Å²) < 4.78 is 60.6. The first-order chi connectivity index (χ1) is 24.3. The van der Waals surface area contributed by atoms with Gasteiger partial charge in [0.2, 0.25) is 34.2 Å². The Morgan fingerprint density at radius 3 is 2.63 bits per heavy atom. The van der Waals surface area contributed by atoms with E-state index in [0.29, 0.717) is 25.7 Å². The molecular weight excluding hydrogens is 688 g/mol. The Labute approximate surface area is 295 Å². The number of allylic oxidation sites excluding steroid dienone is 1. The van der Waals surface area contributed by atoms with Crippen LogP contribution in [0.3, 0.4) is 0 Å². The number of nitrogens with one attached hydrogen (secondary N) is 3. The van der Waals surface area contributed by atoms with Crippen LogP contribution in [-0.4, -0.2) is 89.9 Å². The molecule has 6 rings (SSSR count). The number of carbonyl (C=O) groups excluding carboxylic acids is 5. The number of amides is 5. The third-order valence-electron chi connectivity index (χ3n) is 10.3. The zero-order chi connectivity index (χ0) is 36.5. The maximum atomic E-state index is 14.0. The van der Waals surface area contributed by atoms with E-state index in [1.807, 2.05) is 30.4 Å². The number of fused-ring (bicyclic) bond motifs is 3. The highest BCUT2D eigenvalue weighted by atomic mass is 32.2. The van der Waals surface area contributed by atoms with Crippen molar-refractivity contribution >= 4 is 45.8 Å². The highest BCUT2D eigenvalue weighted by Gasteiger charge is 2.62. The summed E-state index contributed by atoms with van der Waals surface area (Å²) >= 11 is 0. The van der Waals surface area contributed by atoms with Crippen LogP contribution in [0.25, 0.3) is 6.08 Å². The summed E-state index contributed by atoms with van der Waals surface area (Å²) in [6.07, 6.45) is 3.06. The van der Waals surface area contributed by atoms with Crippen LogP contribution < -0.4 is 15.4 Å². The van der Waals surface area contributed by atoms with Crippen molar-refractivity contribution < 1.29 is 45.9 Å². The second-order valence-corrected chi connectivity index (χ2v) is 16.0. The number of rotatable bonds is 8. The number of alkyl halides is 2. The molecule has 16 heteroatoms. The lowest BCUT2D eigenvalue weighted by atomic mass is 10.0. The number of hydrogen-bond donors (Lipinski definition) is 3. The molecular formula is C35H43F2N5O8S. The van der Waals surface area contributed by atoms with Crippen molar-refractivity contribution in [1.82, 2.24) is 25.2 Å². The molecule has 1 aromatic carbocycles. The third-order valence-corrected chi connectivity index (χ3v) is 12.1. The van der Waals surface area contributed by atoms with Gasteiger partial charge in [0.25, 0.3) is 5.91 Å². The van der Waals surface area contributed by atoms with E-state index < -0.39 is 87.5 Å². The van der Waals surface area contributed by atoms with Gasteiger partial charge in [0.05, 0.1) is 18.3 Å². The van der Waals surface area contributed by atoms with Gasteiger partial charge < -0.3 is 20.3 Å². The van der Waals surface area contributed by atoms with Gasteiger partial charge in [0.1, 0.15) is 23.7 Å². The standard InChI is InChI=1S/C35H43F2N5O8S/c1-2-23-17-35(23,33(46)40-51(48,49)25-13-14-25)39-31(44)28-15-24-19-42(28)32(45)27(16-29(36)37)38-30(43)12-7-5-3-4-6-9-21-10-8-11-22-18-41(20-26(21)22)34(47)50-24/h2,6,8-11,23-25,27-29H,1,3-5,7,12-20H2,(H,38,43)(H,39,44)(H,40,46)/b9-6+/t23-,24-,27+,28+,35+/m1/s1. The summed E-state index contributed by atoms with van der Waals surface area (Å²) in [6.45, 7) is 3.90. The molecule has 0 unspecified atom stereocenters. The van der Waals surface area contributed by atoms with Crippen molar-refractivity contribution in [2.45, 2.75) is 113 Å². The van der Waals surface area contributed by atoms with Crippen molar-refractivity contribution in [2.24, 2.45) is 5.92 Å². The van der Waals surface area contributed by atoms with Crippen molar-refractivity contribution in [1.29, 1.82) is 0 Å². The lowest BCUT2D eigenvalue weighted by molar-refractivity contribution is -0.143. The van der Waals surface area contributed by atoms with Crippen molar-refractivity contribution in [2.75, 3.05) is 6.54 Å². The van der Waals surface area contributed by atoms with Crippen LogP contribution in [0.5, 0.6) is 0 Å². The Morgan fingerprint density at radius 2 is 1.92 bits per heavy atom. The fraction of sp³-hybridized carbons (Fsp3) is 0.571. The Balaban J connectivity index is 1.26. The molecule has 4 bridgehead atoms. The molecule has 1 saturated heterocycles. The number of nitrogens with zero attached hydrogens (tertiary/aromatic N) is 2. The first-order valence-corrected chi connectivity index (χ1v) is 19.0. The third kappa shape index (κ3) is 8.10. The van der Waals surface area contributed by atoms with E-state index in [4.69, 9.17) is 4.74 Å². The molecule has 5 amide bonds. The number of sulfonamides is 1. The minimum absolute atomic E-state index is 0.00719. The molecule has 276 valence electrons. The van der Waals surface area contributed by atoms with Gasteiger partial charge in [0.15, 0.2) is 0 Å². The summed E-state index contributed by atoms with van der Waals surface area (Å²) in [6, 6.07) is 2.72. The van der Waals surface area contributed by atoms with E-state index >= 15 is 0 Å². The number of ether oxygens (including phenoxy) is 1. The van der Waals surface area contributed by atoms with Crippen molar-refractivity contribution in [3.8, 4) is 0 Å². The first-order valence-electron chi connectivity index (χ1n) is 17.4. The van der Waals surface area contributed by atoms with Crippen LogP contribution in [0.4, 0.5) is 13.6 Å². The van der Waals surface area contributed by atoms with Gasteiger partial charge in [-0.1, -0.05) is 42.8 Å². The van der Waals surface area contributed by atoms with Gasteiger partial charge in [-0.3, -0.25) is 28.8 Å². The molecule has 3 N–H and O–H groups in total. The largest absolute Gasteiger partial charge is 0.444 e. The van der Waals surface area contributed by atoms with Crippen LogP contribution in [-0.2, 0) is 47.0 Å². The summed E-state index contributed by atoms with van der Waals surface area (Å²) in [4.78, 5) is 70.1. The minimum Gasteiger partial charge on any atom is -0.444 e. The topological polar surface area (TPSA) is 171 Å². The molecule has 0 radical (unpaired) electrons. The molecule has 5 atom stereocenters. The van der Waals surface area contributed by atoms with Gasteiger partial charge in [-0.05, 0) is 55.2 Å². The molecule has 3 aliphatic heterocycles. The Kier molecular flexibility index (Phi) is 10.5. The zero-order valence-electron chi connectivity index (χ0n) is 28.2. The second kappa shape index (κ2) is 14.7. The molecule has 5 aliphatic rings. The molecule has 51 heavy (non-hydrogen) atoms. The lowest BCUT2D eigenvalue weighted by Gasteiger charge is -2.29. The smallest absolute Gasteiger partial charge is 0.410 e. The maximum Gasteiger partial charge on any atom is 0.410 e. The Bertz CT molecular complexity index is 1730. The van der Waals surface area contributed by atoms with Gasteiger partial charge >= 0.3 is 6.09 Å². The Morgan fingerprint density at radius 1 is 1.14 bits per heavy atom. The molecule has 2 saturated carbocycles. The summed E-state index contributed by atoms with van der Waals surface area (Å²) in [5, 5.41) is 4.34. The number of hydrogen-bond acceptors (Lipinski definition) is 8. The van der Waals surface area contributed by atoms with E-state index in [2.05, 4.69) is 21.9 Å². The number of carbonyl (C=O) groups is 5. The van der Waals surface area contributed by atoms with Gasteiger partial charge in [-0.2, -0.15) is 0 Å². The molecule has 3 heterocycles. The van der Waals surface area contributed by atoms with Crippen LogP contribution in [0.2, 0.25) is 0 Å². The second-order valence-electron chi connectivity index (χ2n) is 14.0. The highest BCUT2D eigenvalue weighted by Crippen LogP contribution is 2.45. The minimum atomic E-state index is -3.96. The van der Waals surface area contributed by atoms with E-state index in [1.165, 1.54) is 11.0 Å². The van der Waals surface area contributed by atoms with E-state index in [1.54, 1.807) is 0 Å². The predicted molar refractivity (Wildman–Crippen MR) is 180 cm³/mol. The lowest BCUT2D eigenvalue weighted by Crippen LogP contribution is -2.58. The van der Waals surface area contributed by atoms with Crippen LogP contribution >= 0.6 is 0 Å². The quantitative estimate of drug-likeness (QED) is 0.343. The molecule has 0 spiro atoms. The monoisotopic (exact) mass is 731 g/mol. The molecule has 2 aliphatic carbocycles. The fourth-order valence-electron chi connectivity index (χ4n) is 7.15. The highest BCUT2D eigenvalue weighted by molar-refractivity contribution is 7.91. The summed E-state index contributed by atoms with van der Waals surface area (Å²) in [7, 11) is -3.96. The van der Waals surface area contributed by atoms with Crippen LogP contribution in [0, 0.1) is 5.92 Å². The van der Waals surface area contributed by atoms with Crippen molar-refractivity contribution in [3.05, 3.63) is 53.6 Å². The molecule has 13 nitrogen and oxygen atoms in total. The average Bonchev–Trinajstić information content (AvgIpc) is 3.97. The molecule has 0 aromatic heterocycles. The normalized spacial score (nSPS) is 29.2. The van der Waals surface area contributed by atoms with Gasteiger partial charge in [-0.25, -0.2) is 22.0 Å². The average molecular weight is 732 g/mol. The SMILES string of the molecule is C=C[C@@H]1C[C@@]1(NC(=O)[C@@H]1C[C@@H]2CN1C(=O)[C@H](CC(F)F)NC(=O)CCCCC/C=C/c1cccc3c1CN(C3)C(=O)O2)C(=O)NS(=O)(=O)C1CC1. The predicted octanol–water partition coefficient (Wildman–Crippen LogP) is 2.89. The van der Waals surface area contributed by atoms with Gasteiger partial charge in [0, 0.05) is 31.7 Å².